The van der Waals surface area contributed by atoms with Crippen molar-refractivity contribution >= 4 is 5.91 Å². The first-order valence-electron chi connectivity index (χ1n) is 8.95. The number of carbonyl (C=O) groups excluding carboxylic acids is 1. The number of phenolic OH excluding ortho intramolecular Hbond substituents is 1. The monoisotopic (exact) mass is 339 g/mol. The zero-order valence-corrected chi connectivity index (χ0v) is 14.3. The molecule has 2 aromatic carbocycles. The first kappa shape index (κ1) is 17.5. The second-order valence-corrected chi connectivity index (χ2v) is 6.71. The van der Waals surface area contributed by atoms with E-state index in [0.29, 0.717) is 6.42 Å². The zero-order valence-electron chi connectivity index (χ0n) is 14.3. The third-order valence-corrected chi connectivity index (χ3v) is 4.92. The Labute approximate surface area is 148 Å². The van der Waals surface area contributed by atoms with E-state index in [2.05, 4.69) is 5.32 Å². The Balaban J connectivity index is 1.52. The van der Waals surface area contributed by atoms with Crippen LogP contribution in [0.2, 0.25) is 0 Å². The molecule has 132 valence electrons. The highest BCUT2D eigenvalue weighted by atomic mass is 16.3. The molecule has 3 rings (SSSR count). The molecule has 0 saturated heterocycles. The van der Waals surface area contributed by atoms with Crippen LogP contribution in [-0.2, 0) is 17.6 Å². The predicted molar refractivity (Wildman–Crippen MR) is 97.6 cm³/mol. The molecule has 1 amide bonds. The fourth-order valence-electron chi connectivity index (χ4n) is 3.52. The highest BCUT2D eigenvalue weighted by molar-refractivity contribution is 5.84. The van der Waals surface area contributed by atoms with Crippen LogP contribution in [0.3, 0.4) is 0 Å². The standard InChI is InChI=1S/C21H25NO3/c23-16(13-12-15-6-2-1-3-7-15)14-22-21(25)19-10-4-9-18-17(19)8-5-11-20(18)24/h1-3,5-8,11,16,19,23-24H,4,9-10,12-14H2,(H,22,25)/t16-,19+/m1/s1. The molecule has 0 radical (unpaired) electrons. The van der Waals surface area contributed by atoms with Gasteiger partial charge in [0.25, 0.3) is 0 Å². The third kappa shape index (κ3) is 4.40. The number of hydrogen-bond acceptors (Lipinski definition) is 3. The van der Waals surface area contributed by atoms with E-state index in [9.17, 15) is 15.0 Å². The van der Waals surface area contributed by atoms with Crippen LogP contribution in [0.15, 0.2) is 48.5 Å². The van der Waals surface area contributed by atoms with Crippen LogP contribution in [0.1, 0.15) is 41.9 Å². The third-order valence-electron chi connectivity index (χ3n) is 4.92. The number of amides is 1. The van der Waals surface area contributed by atoms with Gasteiger partial charge in [0, 0.05) is 6.54 Å². The molecular weight excluding hydrogens is 314 g/mol. The highest BCUT2D eigenvalue weighted by Crippen LogP contribution is 2.36. The summed E-state index contributed by atoms with van der Waals surface area (Å²) in [4.78, 5) is 12.5. The molecule has 0 spiro atoms. The van der Waals surface area contributed by atoms with E-state index in [0.717, 1.165) is 36.8 Å². The molecule has 2 atom stereocenters. The van der Waals surface area contributed by atoms with Gasteiger partial charge in [-0.1, -0.05) is 42.5 Å². The number of aliphatic hydroxyl groups is 1. The molecule has 0 heterocycles. The first-order valence-corrected chi connectivity index (χ1v) is 8.95. The van der Waals surface area contributed by atoms with Crippen molar-refractivity contribution in [3.8, 4) is 5.75 Å². The average molecular weight is 339 g/mol. The van der Waals surface area contributed by atoms with Crippen LogP contribution in [0.4, 0.5) is 0 Å². The highest BCUT2D eigenvalue weighted by Gasteiger charge is 2.27. The minimum absolute atomic E-state index is 0.0645. The quantitative estimate of drug-likeness (QED) is 0.758. The number of aryl methyl sites for hydroxylation is 1. The van der Waals surface area contributed by atoms with Gasteiger partial charge in [-0.25, -0.2) is 0 Å². The van der Waals surface area contributed by atoms with Crippen molar-refractivity contribution in [3.63, 3.8) is 0 Å². The van der Waals surface area contributed by atoms with Crippen molar-refractivity contribution in [1.82, 2.24) is 5.32 Å². The van der Waals surface area contributed by atoms with Crippen molar-refractivity contribution < 1.29 is 15.0 Å². The zero-order chi connectivity index (χ0) is 17.6. The molecule has 0 aromatic heterocycles. The molecule has 0 unspecified atom stereocenters. The SMILES string of the molecule is O=C(NC[C@H](O)CCc1ccccc1)[C@H]1CCCc2c(O)cccc21. The Morgan fingerprint density at radius 3 is 2.76 bits per heavy atom. The summed E-state index contributed by atoms with van der Waals surface area (Å²) < 4.78 is 0. The van der Waals surface area contributed by atoms with Crippen LogP contribution < -0.4 is 5.32 Å². The molecule has 0 fully saturated rings. The summed E-state index contributed by atoms with van der Waals surface area (Å²) >= 11 is 0. The minimum atomic E-state index is -0.559. The summed E-state index contributed by atoms with van der Waals surface area (Å²) in [5, 5.41) is 23.0. The van der Waals surface area contributed by atoms with Crippen LogP contribution in [0, 0.1) is 0 Å². The summed E-state index contributed by atoms with van der Waals surface area (Å²) in [6.07, 6.45) is 3.33. The molecule has 0 saturated carbocycles. The van der Waals surface area contributed by atoms with Crippen molar-refractivity contribution in [3.05, 3.63) is 65.2 Å². The number of aliphatic hydroxyl groups excluding tert-OH is 1. The number of phenols is 1. The van der Waals surface area contributed by atoms with Crippen molar-refractivity contribution in [1.29, 1.82) is 0 Å². The number of rotatable bonds is 6. The number of nitrogens with one attached hydrogen (secondary N) is 1. The van der Waals surface area contributed by atoms with Gasteiger partial charge in [0.1, 0.15) is 5.75 Å². The lowest BCUT2D eigenvalue weighted by molar-refractivity contribution is -0.123. The number of benzene rings is 2. The topological polar surface area (TPSA) is 69.6 Å². The van der Waals surface area contributed by atoms with Gasteiger partial charge in [0.15, 0.2) is 0 Å². The molecule has 25 heavy (non-hydrogen) atoms. The molecule has 1 aliphatic carbocycles. The molecule has 4 heteroatoms. The fourth-order valence-corrected chi connectivity index (χ4v) is 3.52. The Kier molecular flexibility index (Phi) is 5.71. The minimum Gasteiger partial charge on any atom is -0.508 e. The van der Waals surface area contributed by atoms with E-state index >= 15 is 0 Å². The van der Waals surface area contributed by atoms with E-state index in [1.807, 2.05) is 36.4 Å². The van der Waals surface area contributed by atoms with E-state index in [-0.39, 0.29) is 24.1 Å². The van der Waals surface area contributed by atoms with Gasteiger partial charge >= 0.3 is 0 Å². The summed E-state index contributed by atoms with van der Waals surface area (Å²) in [5.74, 6) is -0.0274. The van der Waals surface area contributed by atoms with Gasteiger partial charge in [-0.05, 0) is 54.9 Å². The summed E-state index contributed by atoms with van der Waals surface area (Å²) in [5.41, 5.74) is 2.99. The molecule has 0 aliphatic heterocycles. The van der Waals surface area contributed by atoms with Gasteiger partial charge < -0.3 is 15.5 Å². The maximum atomic E-state index is 12.5. The van der Waals surface area contributed by atoms with Crippen molar-refractivity contribution in [2.45, 2.75) is 44.1 Å². The van der Waals surface area contributed by atoms with Gasteiger partial charge in [-0.3, -0.25) is 4.79 Å². The lowest BCUT2D eigenvalue weighted by Gasteiger charge is -2.25. The van der Waals surface area contributed by atoms with Crippen LogP contribution in [-0.4, -0.2) is 28.8 Å². The Hall–Kier alpha value is -2.33. The van der Waals surface area contributed by atoms with Gasteiger partial charge in [0.2, 0.25) is 5.91 Å². The van der Waals surface area contributed by atoms with E-state index in [4.69, 9.17) is 0 Å². The number of aromatic hydroxyl groups is 1. The van der Waals surface area contributed by atoms with Gasteiger partial charge in [-0.2, -0.15) is 0 Å². The van der Waals surface area contributed by atoms with Crippen LogP contribution >= 0.6 is 0 Å². The number of hydrogen-bond donors (Lipinski definition) is 3. The Morgan fingerprint density at radius 2 is 1.96 bits per heavy atom. The van der Waals surface area contributed by atoms with Gasteiger partial charge in [0.05, 0.1) is 12.0 Å². The average Bonchev–Trinajstić information content (AvgIpc) is 2.65. The summed E-state index contributed by atoms with van der Waals surface area (Å²) in [6.45, 7) is 0.260. The number of carbonyl (C=O) groups is 1. The lowest BCUT2D eigenvalue weighted by atomic mass is 9.82. The van der Waals surface area contributed by atoms with E-state index < -0.39 is 6.10 Å². The van der Waals surface area contributed by atoms with Crippen LogP contribution in [0.5, 0.6) is 5.75 Å². The largest absolute Gasteiger partial charge is 0.508 e. The lowest BCUT2D eigenvalue weighted by Crippen LogP contribution is -2.36. The fraction of sp³-hybridized carbons (Fsp3) is 0.381. The van der Waals surface area contributed by atoms with E-state index in [1.165, 1.54) is 5.56 Å². The molecule has 1 aliphatic rings. The summed E-state index contributed by atoms with van der Waals surface area (Å²) in [7, 11) is 0. The molecule has 2 aromatic rings. The number of fused-ring (bicyclic) bond motifs is 1. The Morgan fingerprint density at radius 1 is 1.16 bits per heavy atom. The first-order chi connectivity index (χ1) is 12.1. The smallest absolute Gasteiger partial charge is 0.227 e. The Bertz CT molecular complexity index is 714. The molecule has 3 N–H and O–H groups in total. The van der Waals surface area contributed by atoms with E-state index in [1.54, 1.807) is 12.1 Å². The molecule has 0 bridgehead atoms. The second-order valence-electron chi connectivity index (χ2n) is 6.71. The normalized spacial score (nSPS) is 17.6. The maximum absolute atomic E-state index is 12.5. The molecular formula is C21H25NO3. The summed E-state index contributed by atoms with van der Waals surface area (Å²) in [6, 6.07) is 15.4. The maximum Gasteiger partial charge on any atom is 0.227 e. The van der Waals surface area contributed by atoms with Gasteiger partial charge in [-0.15, -0.1) is 0 Å². The van der Waals surface area contributed by atoms with Crippen molar-refractivity contribution in [2.24, 2.45) is 0 Å². The van der Waals surface area contributed by atoms with Crippen LogP contribution in [0.25, 0.3) is 0 Å². The van der Waals surface area contributed by atoms with Crippen molar-refractivity contribution in [2.75, 3.05) is 6.54 Å². The molecule has 4 nitrogen and oxygen atoms in total. The second kappa shape index (κ2) is 8.17. The predicted octanol–water partition coefficient (Wildman–Crippen LogP) is 2.92.